The Hall–Kier alpha value is -2.29. The molecule has 0 spiro atoms. The van der Waals surface area contributed by atoms with Gasteiger partial charge >= 0.3 is 0 Å². The number of aryl methyl sites for hydroxylation is 1. The van der Waals surface area contributed by atoms with E-state index in [-0.39, 0.29) is 0 Å². The largest absolute Gasteiger partial charge is 0.497 e. The van der Waals surface area contributed by atoms with Crippen molar-refractivity contribution in [2.24, 2.45) is 5.10 Å². The van der Waals surface area contributed by atoms with Crippen molar-refractivity contribution in [3.05, 3.63) is 59.7 Å². The first-order valence-corrected chi connectivity index (χ1v) is 5.78. The van der Waals surface area contributed by atoms with Gasteiger partial charge < -0.3 is 4.74 Å². The Morgan fingerprint density at radius 3 is 2.72 bits per heavy atom. The fourth-order valence-electron chi connectivity index (χ4n) is 1.60. The summed E-state index contributed by atoms with van der Waals surface area (Å²) in [7, 11) is 1.65. The molecule has 3 heteroatoms. The Labute approximate surface area is 107 Å². The van der Waals surface area contributed by atoms with Crippen LogP contribution < -0.4 is 10.2 Å². The summed E-state index contributed by atoms with van der Waals surface area (Å²) in [6.45, 7) is 2.05. The van der Waals surface area contributed by atoms with Crippen LogP contribution in [0.4, 0.5) is 5.69 Å². The van der Waals surface area contributed by atoms with Crippen LogP contribution in [0.5, 0.6) is 5.75 Å². The van der Waals surface area contributed by atoms with Crippen LogP contribution in [0.3, 0.4) is 0 Å². The third-order valence-electron chi connectivity index (χ3n) is 2.64. The van der Waals surface area contributed by atoms with E-state index in [1.165, 1.54) is 5.56 Å². The summed E-state index contributed by atoms with van der Waals surface area (Å²) in [6.07, 6.45) is 1.77. The highest BCUT2D eigenvalue weighted by atomic mass is 16.5. The van der Waals surface area contributed by atoms with Crippen molar-refractivity contribution in [1.29, 1.82) is 0 Å². The van der Waals surface area contributed by atoms with Crippen molar-refractivity contribution in [3.63, 3.8) is 0 Å². The molecular formula is C15H16N2O. The summed E-state index contributed by atoms with van der Waals surface area (Å²) in [5, 5.41) is 4.22. The molecule has 0 bridgehead atoms. The lowest BCUT2D eigenvalue weighted by Crippen LogP contribution is -1.93. The monoisotopic (exact) mass is 240 g/mol. The van der Waals surface area contributed by atoms with Gasteiger partial charge in [0.1, 0.15) is 5.75 Å². The van der Waals surface area contributed by atoms with E-state index >= 15 is 0 Å². The molecule has 0 heterocycles. The zero-order chi connectivity index (χ0) is 12.8. The number of anilines is 1. The van der Waals surface area contributed by atoms with Gasteiger partial charge in [0.05, 0.1) is 19.0 Å². The van der Waals surface area contributed by atoms with Gasteiger partial charge in [-0.1, -0.05) is 30.3 Å². The van der Waals surface area contributed by atoms with Crippen molar-refractivity contribution in [2.45, 2.75) is 6.92 Å². The standard InChI is InChI=1S/C15H16N2O/c1-12-6-3-4-9-15(12)17-16-11-13-7-5-8-14(10-13)18-2/h3-11,17H,1-2H3/b16-11-. The molecule has 0 amide bonds. The molecule has 0 aliphatic rings. The zero-order valence-corrected chi connectivity index (χ0v) is 10.6. The van der Waals surface area contributed by atoms with E-state index < -0.39 is 0 Å². The van der Waals surface area contributed by atoms with Gasteiger partial charge in [0.2, 0.25) is 0 Å². The highest BCUT2D eigenvalue weighted by molar-refractivity contribution is 5.80. The normalized spacial score (nSPS) is 10.6. The van der Waals surface area contributed by atoms with Crippen molar-refractivity contribution in [3.8, 4) is 5.75 Å². The number of para-hydroxylation sites is 1. The predicted molar refractivity (Wildman–Crippen MR) is 75.4 cm³/mol. The predicted octanol–water partition coefficient (Wildman–Crippen LogP) is 3.45. The highest BCUT2D eigenvalue weighted by Gasteiger charge is 1.94. The lowest BCUT2D eigenvalue weighted by Gasteiger charge is -2.03. The first-order valence-electron chi connectivity index (χ1n) is 5.78. The quantitative estimate of drug-likeness (QED) is 0.656. The minimum absolute atomic E-state index is 0.829. The van der Waals surface area contributed by atoms with Crippen molar-refractivity contribution >= 4 is 11.9 Å². The maximum absolute atomic E-state index is 5.16. The van der Waals surface area contributed by atoms with E-state index in [0.717, 1.165) is 17.0 Å². The van der Waals surface area contributed by atoms with E-state index in [0.29, 0.717) is 0 Å². The summed E-state index contributed by atoms with van der Waals surface area (Å²) >= 11 is 0. The molecular weight excluding hydrogens is 224 g/mol. The molecule has 3 nitrogen and oxygen atoms in total. The zero-order valence-electron chi connectivity index (χ0n) is 10.6. The number of nitrogens with one attached hydrogen (secondary N) is 1. The second-order valence-electron chi connectivity index (χ2n) is 3.96. The third-order valence-corrected chi connectivity index (χ3v) is 2.64. The van der Waals surface area contributed by atoms with Gasteiger partial charge in [0, 0.05) is 0 Å². The lowest BCUT2D eigenvalue weighted by atomic mass is 10.2. The van der Waals surface area contributed by atoms with Crippen LogP contribution >= 0.6 is 0 Å². The number of rotatable bonds is 4. The Morgan fingerprint density at radius 2 is 1.94 bits per heavy atom. The molecule has 0 aliphatic heterocycles. The van der Waals surface area contributed by atoms with Gasteiger partial charge in [0.25, 0.3) is 0 Å². The average Bonchev–Trinajstić information content (AvgIpc) is 2.41. The molecule has 2 rings (SSSR count). The van der Waals surface area contributed by atoms with Gasteiger partial charge in [-0.3, -0.25) is 5.43 Å². The second kappa shape index (κ2) is 5.87. The summed E-state index contributed by atoms with van der Waals surface area (Å²) < 4.78 is 5.16. The number of methoxy groups -OCH3 is 1. The molecule has 0 aliphatic carbocycles. The summed E-state index contributed by atoms with van der Waals surface area (Å²) in [5.41, 5.74) is 6.20. The Bertz CT molecular complexity index is 550. The van der Waals surface area contributed by atoms with Crippen molar-refractivity contribution < 1.29 is 4.74 Å². The number of ether oxygens (including phenoxy) is 1. The maximum atomic E-state index is 5.16. The van der Waals surface area contributed by atoms with Gasteiger partial charge in [-0.05, 0) is 36.2 Å². The molecule has 18 heavy (non-hydrogen) atoms. The Balaban J connectivity index is 2.05. The first-order chi connectivity index (χ1) is 8.79. The molecule has 2 aromatic rings. The van der Waals surface area contributed by atoms with Crippen LogP contribution in [0.25, 0.3) is 0 Å². The molecule has 2 aromatic carbocycles. The minimum atomic E-state index is 0.829. The minimum Gasteiger partial charge on any atom is -0.497 e. The molecule has 0 saturated carbocycles. The maximum Gasteiger partial charge on any atom is 0.119 e. The summed E-state index contributed by atoms with van der Waals surface area (Å²) in [5.74, 6) is 0.829. The van der Waals surface area contributed by atoms with Crippen LogP contribution in [0.15, 0.2) is 53.6 Å². The van der Waals surface area contributed by atoms with Crippen LogP contribution in [0.2, 0.25) is 0 Å². The number of nitrogens with zero attached hydrogens (tertiary/aromatic N) is 1. The molecule has 1 N–H and O–H groups in total. The van der Waals surface area contributed by atoms with E-state index in [9.17, 15) is 0 Å². The second-order valence-corrected chi connectivity index (χ2v) is 3.96. The topological polar surface area (TPSA) is 33.6 Å². The molecule has 0 fully saturated rings. The number of hydrogen-bond acceptors (Lipinski definition) is 3. The Kier molecular flexibility index (Phi) is 3.97. The Morgan fingerprint density at radius 1 is 1.11 bits per heavy atom. The highest BCUT2D eigenvalue weighted by Crippen LogP contribution is 2.13. The van der Waals surface area contributed by atoms with Crippen molar-refractivity contribution in [1.82, 2.24) is 0 Å². The van der Waals surface area contributed by atoms with Gasteiger partial charge in [-0.2, -0.15) is 5.10 Å². The SMILES string of the molecule is COc1cccc(/C=N\Nc2ccccc2C)c1. The van der Waals surface area contributed by atoms with Gasteiger partial charge in [-0.15, -0.1) is 0 Å². The molecule has 0 aromatic heterocycles. The third kappa shape index (κ3) is 3.10. The fourth-order valence-corrected chi connectivity index (χ4v) is 1.60. The van der Waals surface area contributed by atoms with E-state index in [1.807, 2.05) is 55.5 Å². The molecule has 0 radical (unpaired) electrons. The number of hydrogen-bond donors (Lipinski definition) is 1. The van der Waals surface area contributed by atoms with E-state index in [2.05, 4.69) is 10.5 Å². The van der Waals surface area contributed by atoms with Gasteiger partial charge in [-0.25, -0.2) is 0 Å². The molecule has 0 unspecified atom stereocenters. The van der Waals surface area contributed by atoms with E-state index in [4.69, 9.17) is 4.74 Å². The number of hydrazone groups is 1. The van der Waals surface area contributed by atoms with Crippen LogP contribution in [0.1, 0.15) is 11.1 Å². The van der Waals surface area contributed by atoms with E-state index in [1.54, 1.807) is 13.3 Å². The molecule has 0 saturated heterocycles. The first kappa shape index (κ1) is 12.2. The van der Waals surface area contributed by atoms with Gasteiger partial charge in [0.15, 0.2) is 0 Å². The summed E-state index contributed by atoms with van der Waals surface area (Å²) in [6, 6.07) is 15.8. The van der Waals surface area contributed by atoms with Crippen LogP contribution in [-0.2, 0) is 0 Å². The molecule has 0 atom stereocenters. The molecule has 92 valence electrons. The summed E-state index contributed by atoms with van der Waals surface area (Å²) in [4.78, 5) is 0. The lowest BCUT2D eigenvalue weighted by molar-refractivity contribution is 0.415. The number of benzene rings is 2. The van der Waals surface area contributed by atoms with Crippen molar-refractivity contribution in [2.75, 3.05) is 12.5 Å². The smallest absolute Gasteiger partial charge is 0.119 e. The van der Waals surface area contributed by atoms with Crippen LogP contribution in [-0.4, -0.2) is 13.3 Å². The fraction of sp³-hybridized carbons (Fsp3) is 0.133. The average molecular weight is 240 g/mol. The van der Waals surface area contributed by atoms with Crippen LogP contribution in [0, 0.1) is 6.92 Å².